The van der Waals surface area contributed by atoms with Gasteiger partial charge in [0.05, 0.1) is 12.7 Å². The van der Waals surface area contributed by atoms with Crippen molar-refractivity contribution in [1.82, 2.24) is 9.62 Å². The predicted octanol–water partition coefficient (Wildman–Crippen LogP) is 3.35. The highest BCUT2D eigenvalue weighted by molar-refractivity contribution is 7.91. The van der Waals surface area contributed by atoms with Crippen LogP contribution in [-0.2, 0) is 34.1 Å². The van der Waals surface area contributed by atoms with Crippen LogP contribution in [-0.4, -0.2) is 45.5 Å². The molecule has 0 amide bonds. The molecule has 3 rings (SSSR count). The molecule has 1 N–H and O–H groups in total. The van der Waals surface area contributed by atoms with Crippen LogP contribution in [0.4, 0.5) is 4.39 Å². The number of nitrogens with one attached hydrogen (secondary N) is 1. The van der Waals surface area contributed by atoms with Gasteiger partial charge in [-0.05, 0) is 43.4 Å². The molecule has 0 saturated heterocycles. The minimum atomic E-state index is -3.94. The highest BCUT2D eigenvalue weighted by Gasteiger charge is 2.34. The van der Waals surface area contributed by atoms with Crippen LogP contribution < -0.4 is 4.72 Å². The number of halogens is 1. The fourth-order valence-electron chi connectivity index (χ4n) is 3.62. The van der Waals surface area contributed by atoms with Gasteiger partial charge in [0.1, 0.15) is 10.0 Å². The van der Waals surface area contributed by atoms with Gasteiger partial charge in [-0.3, -0.25) is 4.90 Å². The summed E-state index contributed by atoms with van der Waals surface area (Å²) >= 11 is 1.13. The van der Waals surface area contributed by atoms with E-state index in [0.29, 0.717) is 24.6 Å². The molecule has 164 valence electrons. The van der Waals surface area contributed by atoms with Crippen molar-refractivity contribution >= 4 is 27.3 Å². The lowest BCUT2D eigenvalue weighted by Crippen LogP contribution is -2.37. The Morgan fingerprint density at radius 3 is 2.77 bits per heavy atom. The van der Waals surface area contributed by atoms with Gasteiger partial charge in [0.2, 0.25) is 0 Å². The first-order valence-corrected chi connectivity index (χ1v) is 12.3. The van der Waals surface area contributed by atoms with E-state index in [4.69, 9.17) is 4.74 Å². The Labute approximate surface area is 181 Å². The van der Waals surface area contributed by atoms with Gasteiger partial charge in [-0.25, -0.2) is 22.3 Å². The van der Waals surface area contributed by atoms with Crippen LogP contribution in [0.5, 0.6) is 0 Å². The zero-order valence-electron chi connectivity index (χ0n) is 17.4. The Morgan fingerprint density at radius 2 is 2.10 bits per heavy atom. The smallest absolute Gasteiger partial charge is 0.340 e. The zero-order valence-corrected chi connectivity index (χ0v) is 19.0. The van der Waals surface area contributed by atoms with E-state index in [-0.39, 0.29) is 28.6 Å². The molecule has 0 bridgehead atoms. The number of hydrogen-bond acceptors (Lipinski definition) is 6. The molecule has 1 unspecified atom stereocenters. The summed E-state index contributed by atoms with van der Waals surface area (Å²) in [7, 11) is -2.69. The molecule has 1 aromatic carbocycles. The summed E-state index contributed by atoms with van der Waals surface area (Å²) in [6.07, 6.45) is 1.81. The molecule has 0 spiro atoms. The van der Waals surface area contributed by atoms with Crippen LogP contribution in [0.15, 0.2) is 28.5 Å². The second kappa shape index (κ2) is 9.55. The number of carbonyl (C=O) groups is 1. The molecule has 0 fully saturated rings. The van der Waals surface area contributed by atoms with Crippen LogP contribution in [0.25, 0.3) is 0 Å². The molecule has 1 aliphatic heterocycles. The summed E-state index contributed by atoms with van der Waals surface area (Å²) in [4.78, 5) is 15.6. The lowest BCUT2D eigenvalue weighted by Gasteiger charge is -2.31. The third-order valence-corrected chi connectivity index (χ3v) is 8.74. The number of nitrogens with zero attached hydrogens (tertiary/aromatic N) is 1. The molecule has 1 aromatic heterocycles. The standard InChI is InChI=1S/C21H27FN2O4S2/c1-4-14(2)24-12-10-16-18(13-24)29-21(19(16)20(25)28-3)30(26,27)23-11-9-15-7-5-6-8-17(15)22/h5-8,14,23H,4,9-13H2,1-3H3. The quantitative estimate of drug-likeness (QED) is 0.619. The minimum absolute atomic E-state index is 0.0149. The third-order valence-electron chi connectivity index (χ3n) is 5.55. The molecule has 1 atom stereocenters. The Balaban J connectivity index is 1.85. The van der Waals surface area contributed by atoms with Crippen molar-refractivity contribution in [2.75, 3.05) is 20.2 Å². The van der Waals surface area contributed by atoms with Crippen LogP contribution >= 0.6 is 11.3 Å². The maximum atomic E-state index is 13.8. The molecule has 2 heterocycles. The van der Waals surface area contributed by atoms with Crippen molar-refractivity contribution in [3.63, 3.8) is 0 Å². The van der Waals surface area contributed by atoms with Gasteiger partial charge in [-0.15, -0.1) is 11.3 Å². The Bertz CT molecular complexity index is 1020. The summed E-state index contributed by atoms with van der Waals surface area (Å²) < 4.78 is 47.2. The second-order valence-corrected chi connectivity index (χ2v) is 10.4. The van der Waals surface area contributed by atoms with Gasteiger partial charge in [0, 0.05) is 30.6 Å². The van der Waals surface area contributed by atoms with E-state index in [1.54, 1.807) is 18.2 Å². The maximum absolute atomic E-state index is 13.8. The number of fused-ring (bicyclic) bond motifs is 1. The molecular formula is C21H27FN2O4S2. The Kier molecular flexibility index (Phi) is 7.28. The van der Waals surface area contributed by atoms with E-state index in [1.807, 2.05) is 0 Å². The van der Waals surface area contributed by atoms with Crippen molar-refractivity contribution in [2.24, 2.45) is 0 Å². The van der Waals surface area contributed by atoms with E-state index in [0.717, 1.165) is 34.7 Å². The van der Waals surface area contributed by atoms with Gasteiger partial charge in [0.25, 0.3) is 10.0 Å². The van der Waals surface area contributed by atoms with Crippen LogP contribution in [0.3, 0.4) is 0 Å². The first-order valence-electron chi connectivity index (χ1n) is 9.98. The number of methoxy groups -OCH3 is 1. The summed E-state index contributed by atoms with van der Waals surface area (Å²) in [5.74, 6) is -1.01. The van der Waals surface area contributed by atoms with Crippen LogP contribution in [0.1, 0.15) is 46.6 Å². The van der Waals surface area contributed by atoms with Crippen molar-refractivity contribution in [1.29, 1.82) is 0 Å². The minimum Gasteiger partial charge on any atom is -0.465 e. The number of carbonyl (C=O) groups excluding carboxylic acids is 1. The lowest BCUT2D eigenvalue weighted by molar-refractivity contribution is 0.0595. The molecule has 1 aliphatic rings. The zero-order chi connectivity index (χ0) is 21.9. The van der Waals surface area contributed by atoms with Crippen molar-refractivity contribution < 1.29 is 22.3 Å². The van der Waals surface area contributed by atoms with E-state index < -0.39 is 16.0 Å². The van der Waals surface area contributed by atoms with Crippen LogP contribution in [0.2, 0.25) is 0 Å². The second-order valence-electron chi connectivity index (χ2n) is 7.37. The topological polar surface area (TPSA) is 75.7 Å². The number of rotatable bonds is 8. The maximum Gasteiger partial charge on any atom is 0.340 e. The molecule has 6 nitrogen and oxygen atoms in total. The monoisotopic (exact) mass is 454 g/mol. The van der Waals surface area contributed by atoms with E-state index in [9.17, 15) is 17.6 Å². The molecule has 0 aliphatic carbocycles. The molecule has 2 aromatic rings. The summed E-state index contributed by atoms with van der Waals surface area (Å²) in [5, 5.41) is 0. The number of ether oxygens (including phenoxy) is 1. The average Bonchev–Trinajstić information content (AvgIpc) is 3.13. The Hall–Kier alpha value is -1.81. The molecule has 0 saturated carbocycles. The van der Waals surface area contributed by atoms with Crippen molar-refractivity contribution in [3.05, 3.63) is 51.7 Å². The summed E-state index contributed by atoms with van der Waals surface area (Å²) in [5.41, 5.74) is 1.34. The van der Waals surface area contributed by atoms with Gasteiger partial charge in [-0.1, -0.05) is 25.1 Å². The first kappa shape index (κ1) is 22.9. The molecule has 0 radical (unpaired) electrons. The molecule has 9 heteroatoms. The third kappa shape index (κ3) is 4.74. The van der Waals surface area contributed by atoms with Gasteiger partial charge in [0.15, 0.2) is 0 Å². The number of esters is 1. The normalized spacial score (nSPS) is 15.6. The van der Waals surface area contributed by atoms with Gasteiger partial charge < -0.3 is 4.74 Å². The SMILES string of the molecule is CCC(C)N1CCc2c(sc(S(=O)(=O)NCCc3ccccc3F)c2C(=O)OC)C1. The fraction of sp³-hybridized carbons (Fsp3) is 0.476. The van der Waals surface area contributed by atoms with E-state index >= 15 is 0 Å². The lowest BCUT2D eigenvalue weighted by atomic mass is 10.0. The van der Waals surface area contributed by atoms with Gasteiger partial charge in [-0.2, -0.15) is 0 Å². The number of sulfonamides is 1. The summed E-state index contributed by atoms with van der Waals surface area (Å²) in [6, 6.07) is 6.64. The van der Waals surface area contributed by atoms with E-state index in [2.05, 4.69) is 23.5 Å². The number of thiophene rings is 1. The highest BCUT2D eigenvalue weighted by atomic mass is 32.2. The number of hydrogen-bond donors (Lipinski definition) is 1. The fourth-order valence-corrected chi connectivity index (χ4v) is 6.60. The van der Waals surface area contributed by atoms with Gasteiger partial charge >= 0.3 is 5.97 Å². The van der Waals surface area contributed by atoms with Crippen LogP contribution in [0, 0.1) is 5.82 Å². The number of benzene rings is 1. The average molecular weight is 455 g/mol. The first-order chi connectivity index (χ1) is 14.3. The highest BCUT2D eigenvalue weighted by Crippen LogP contribution is 2.37. The molecule has 30 heavy (non-hydrogen) atoms. The predicted molar refractivity (Wildman–Crippen MR) is 115 cm³/mol. The van der Waals surface area contributed by atoms with Crippen molar-refractivity contribution in [2.45, 2.75) is 49.9 Å². The molecular weight excluding hydrogens is 427 g/mol. The largest absolute Gasteiger partial charge is 0.465 e. The summed E-state index contributed by atoms with van der Waals surface area (Å²) in [6.45, 7) is 5.67. The van der Waals surface area contributed by atoms with Crippen molar-refractivity contribution in [3.8, 4) is 0 Å². The Morgan fingerprint density at radius 1 is 1.37 bits per heavy atom. The van der Waals surface area contributed by atoms with E-state index in [1.165, 1.54) is 13.2 Å².